The van der Waals surface area contributed by atoms with Crippen molar-refractivity contribution in [1.29, 1.82) is 0 Å². The van der Waals surface area contributed by atoms with E-state index >= 15 is 0 Å². The summed E-state index contributed by atoms with van der Waals surface area (Å²) >= 11 is 0. The molecule has 0 fully saturated rings. The number of carbonyl (C=O) groups excluding carboxylic acids is 1. The summed E-state index contributed by atoms with van der Waals surface area (Å²) in [5.41, 5.74) is 3.05. The van der Waals surface area contributed by atoms with Crippen molar-refractivity contribution in [3.63, 3.8) is 0 Å². The molecular weight excluding hydrogens is 352 g/mol. The van der Waals surface area contributed by atoms with Gasteiger partial charge in [0.15, 0.2) is 17.7 Å². The van der Waals surface area contributed by atoms with Crippen LogP contribution in [0.4, 0.5) is 8.78 Å². The standard InChI is InChI=1S/C20H17F2N3O2/c21-15-7-6-13(10-16(15)22)18-14-11-25(9-8-17(14)23-24-18)20(27)19(26)12-4-2-1-3-5-12/h1-7,10,19,26H,8-9,11H2,(H,23,24)/t19-/m1/s1. The van der Waals surface area contributed by atoms with Gasteiger partial charge in [-0.2, -0.15) is 5.10 Å². The summed E-state index contributed by atoms with van der Waals surface area (Å²) in [5, 5.41) is 17.5. The average Bonchev–Trinajstić information content (AvgIpc) is 3.13. The van der Waals surface area contributed by atoms with Crippen LogP contribution in [0, 0.1) is 11.6 Å². The van der Waals surface area contributed by atoms with E-state index < -0.39 is 23.6 Å². The molecule has 0 saturated carbocycles. The van der Waals surface area contributed by atoms with Crippen LogP contribution >= 0.6 is 0 Å². The van der Waals surface area contributed by atoms with Gasteiger partial charge in [0.1, 0.15) is 0 Å². The molecule has 5 nitrogen and oxygen atoms in total. The summed E-state index contributed by atoms with van der Waals surface area (Å²) < 4.78 is 26.8. The maximum atomic E-state index is 13.6. The molecule has 1 aliphatic heterocycles. The van der Waals surface area contributed by atoms with E-state index in [2.05, 4.69) is 10.2 Å². The van der Waals surface area contributed by atoms with Crippen LogP contribution in [0.5, 0.6) is 0 Å². The zero-order valence-corrected chi connectivity index (χ0v) is 14.3. The van der Waals surface area contributed by atoms with Crippen molar-refractivity contribution in [2.45, 2.75) is 19.1 Å². The zero-order valence-electron chi connectivity index (χ0n) is 14.3. The second kappa shape index (κ2) is 6.92. The first-order chi connectivity index (χ1) is 13.0. The van der Waals surface area contributed by atoms with Crippen molar-refractivity contribution in [1.82, 2.24) is 15.1 Å². The Bertz CT molecular complexity index is 988. The molecular formula is C20H17F2N3O2. The summed E-state index contributed by atoms with van der Waals surface area (Å²) in [6.07, 6.45) is -0.703. The molecule has 0 unspecified atom stereocenters. The smallest absolute Gasteiger partial charge is 0.256 e. The fourth-order valence-corrected chi connectivity index (χ4v) is 3.32. The number of nitrogens with one attached hydrogen (secondary N) is 1. The molecule has 0 aliphatic carbocycles. The van der Waals surface area contributed by atoms with E-state index in [-0.39, 0.29) is 6.54 Å². The molecule has 2 heterocycles. The number of carbonyl (C=O) groups is 1. The summed E-state index contributed by atoms with van der Waals surface area (Å²) in [6, 6.07) is 12.3. The lowest BCUT2D eigenvalue weighted by Crippen LogP contribution is -2.39. The van der Waals surface area contributed by atoms with Gasteiger partial charge < -0.3 is 10.0 Å². The van der Waals surface area contributed by atoms with Crippen molar-refractivity contribution in [3.8, 4) is 11.3 Å². The Labute approximate surface area is 154 Å². The molecule has 7 heteroatoms. The number of aromatic nitrogens is 2. The normalized spacial score (nSPS) is 14.7. The van der Waals surface area contributed by atoms with E-state index in [0.717, 1.165) is 23.4 Å². The molecule has 0 radical (unpaired) electrons. The molecule has 3 aromatic rings. The highest BCUT2D eigenvalue weighted by atomic mass is 19.2. The first kappa shape index (κ1) is 17.4. The Morgan fingerprint density at radius 3 is 2.67 bits per heavy atom. The molecule has 1 amide bonds. The van der Waals surface area contributed by atoms with Crippen molar-refractivity contribution in [2.24, 2.45) is 0 Å². The van der Waals surface area contributed by atoms with Crippen molar-refractivity contribution in [2.75, 3.05) is 6.54 Å². The van der Waals surface area contributed by atoms with Gasteiger partial charge in [-0.1, -0.05) is 30.3 Å². The van der Waals surface area contributed by atoms with Crippen LogP contribution in [-0.4, -0.2) is 32.7 Å². The van der Waals surface area contributed by atoms with Crippen LogP contribution in [0.25, 0.3) is 11.3 Å². The number of H-pyrrole nitrogens is 1. The molecule has 27 heavy (non-hydrogen) atoms. The van der Waals surface area contributed by atoms with Gasteiger partial charge in [-0.25, -0.2) is 8.78 Å². The number of nitrogens with zero attached hydrogens (tertiary/aromatic N) is 2. The summed E-state index contributed by atoms with van der Waals surface area (Å²) in [4.78, 5) is 14.3. The predicted molar refractivity (Wildman–Crippen MR) is 94.5 cm³/mol. The molecule has 1 aliphatic rings. The first-order valence-corrected chi connectivity index (χ1v) is 8.58. The highest BCUT2D eigenvalue weighted by molar-refractivity contribution is 5.82. The third kappa shape index (κ3) is 3.21. The lowest BCUT2D eigenvalue weighted by atomic mass is 9.99. The van der Waals surface area contributed by atoms with Crippen LogP contribution in [-0.2, 0) is 17.8 Å². The minimum absolute atomic E-state index is 0.239. The molecule has 2 N–H and O–H groups in total. The Kier molecular flexibility index (Phi) is 4.45. The highest BCUT2D eigenvalue weighted by Crippen LogP contribution is 2.30. The van der Waals surface area contributed by atoms with Crippen molar-refractivity contribution < 1.29 is 18.7 Å². The lowest BCUT2D eigenvalue weighted by molar-refractivity contribution is -0.141. The van der Waals surface area contributed by atoms with E-state index in [4.69, 9.17) is 0 Å². The maximum Gasteiger partial charge on any atom is 0.256 e. The van der Waals surface area contributed by atoms with Gasteiger partial charge >= 0.3 is 0 Å². The van der Waals surface area contributed by atoms with Gasteiger partial charge in [-0.05, 0) is 23.8 Å². The largest absolute Gasteiger partial charge is 0.378 e. The van der Waals surface area contributed by atoms with E-state index in [9.17, 15) is 18.7 Å². The second-order valence-corrected chi connectivity index (χ2v) is 6.48. The monoisotopic (exact) mass is 369 g/mol. The Morgan fingerprint density at radius 2 is 1.93 bits per heavy atom. The van der Waals surface area contributed by atoms with E-state index in [1.165, 1.54) is 6.07 Å². The minimum atomic E-state index is -1.24. The number of hydrogen-bond donors (Lipinski definition) is 2. The number of aliphatic hydroxyl groups excluding tert-OH is 1. The third-order valence-corrected chi connectivity index (χ3v) is 4.79. The molecule has 4 rings (SSSR count). The zero-order chi connectivity index (χ0) is 19.0. The number of aromatic amines is 1. The van der Waals surface area contributed by atoms with E-state index in [1.54, 1.807) is 29.2 Å². The fraction of sp³-hybridized carbons (Fsp3) is 0.200. The molecule has 0 bridgehead atoms. The SMILES string of the molecule is O=C([C@H](O)c1ccccc1)N1CCc2[nH]nc(-c3ccc(F)c(F)c3)c2C1. The average molecular weight is 369 g/mol. The van der Waals surface area contributed by atoms with E-state index in [0.29, 0.717) is 29.8 Å². The van der Waals surface area contributed by atoms with Crippen LogP contribution < -0.4 is 0 Å². The quantitative estimate of drug-likeness (QED) is 0.746. The van der Waals surface area contributed by atoms with Crippen LogP contribution in [0.15, 0.2) is 48.5 Å². The predicted octanol–water partition coefficient (Wildman–Crippen LogP) is 2.97. The molecule has 1 atom stereocenters. The number of aliphatic hydroxyl groups is 1. The first-order valence-electron chi connectivity index (χ1n) is 8.58. The number of amides is 1. The molecule has 0 spiro atoms. The van der Waals surface area contributed by atoms with Gasteiger partial charge in [0.05, 0.1) is 5.69 Å². The van der Waals surface area contributed by atoms with Gasteiger partial charge in [0, 0.05) is 36.3 Å². The topological polar surface area (TPSA) is 69.2 Å². The molecule has 138 valence electrons. The summed E-state index contributed by atoms with van der Waals surface area (Å²) in [7, 11) is 0. The lowest BCUT2D eigenvalue weighted by Gasteiger charge is -2.29. The second-order valence-electron chi connectivity index (χ2n) is 6.48. The summed E-state index contributed by atoms with van der Waals surface area (Å²) in [6.45, 7) is 0.679. The molecule has 1 aromatic heterocycles. The highest BCUT2D eigenvalue weighted by Gasteiger charge is 2.29. The third-order valence-electron chi connectivity index (χ3n) is 4.79. The maximum absolute atomic E-state index is 13.6. The van der Waals surface area contributed by atoms with Crippen molar-refractivity contribution >= 4 is 5.91 Å². The number of rotatable bonds is 3. The van der Waals surface area contributed by atoms with Crippen LogP contribution in [0.1, 0.15) is 22.9 Å². The molecule has 2 aromatic carbocycles. The number of hydrogen-bond acceptors (Lipinski definition) is 3. The number of halogens is 2. The van der Waals surface area contributed by atoms with Gasteiger partial charge in [0.25, 0.3) is 5.91 Å². The van der Waals surface area contributed by atoms with Gasteiger partial charge in [-0.15, -0.1) is 0 Å². The summed E-state index contributed by atoms with van der Waals surface area (Å²) in [5.74, 6) is -2.28. The van der Waals surface area contributed by atoms with Gasteiger partial charge in [0.2, 0.25) is 0 Å². The van der Waals surface area contributed by atoms with Crippen LogP contribution in [0.2, 0.25) is 0 Å². The van der Waals surface area contributed by atoms with Crippen LogP contribution in [0.3, 0.4) is 0 Å². The minimum Gasteiger partial charge on any atom is -0.378 e. The van der Waals surface area contributed by atoms with Crippen molar-refractivity contribution in [3.05, 3.63) is 77.0 Å². The van der Waals surface area contributed by atoms with E-state index in [1.807, 2.05) is 6.07 Å². The number of benzene rings is 2. The Hall–Kier alpha value is -3.06. The van der Waals surface area contributed by atoms with Gasteiger partial charge in [-0.3, -0.25) is 9.89 Å². The fourth-order valence-electron chi connectivity index (χ4n) is 3.32. The Morgan fingerprint density at radius 1 is 1.15 bits per heavy atom. The molecule has 0 saturated heterocycles. The Balaban J connectivity index is 1.60. The number of fused-ring (bicyclic) bond motifs is 1.